The normalized spacial score (nSPS) is 23.5. The standard InChI is InChI=1S/C18H20N4O3/c23-15-10-9-13(19-15)18(24)22-11-5-4-8-14(22)17-20-16(21-25-17)12-6-2-1-3-7-12/h1-3,6-7,13-14H,4-5,8-11H2,(H,19,23)/t13-,14+/m0/s1. The number of aromatic nitrogens is 2. The van der Waals surface area contributed by atoms with Crippen molar-refractivity contribution >= 4 is 11.8 Å². The molecule has 1 aromatic heterocycles. The Balaban J connectivity index is 1.56. The van der Waals surface area contributed by atoms with Crippen LogP contribution >= 0.6 is 0 Å². The molecule has 0 radical (unpaired) electrons. The molecular weight excluding hydrogens is 320 g/mol. The Labute approximate surface area is 145 Å². The van der Waals surface area contributed by atoms with Gasteiger partial charge in [-0.25, -0.2) is 0 Å². The summed E-state index contributed by atoms with van der Waals surface area (Å²) >= 11 is 0. The molecule has 0 saturated carbocycles. The molecule has 7 nitrogen and oxygen atoms in total. The molecule has 0 aliphatic carbocycles. The molecule has 2 atom stereocenters. The van der Waals surface area contributed by atoms with E-state index in [2.05, 4.69) is 15.5 Å². The number of carbonyl (C=O) groups is 2. The fourth-order valence-corrected chi connectivity index (χ4v) is 3.53. The first-order valence-electron chi connectivity index (χ1n) is 8.71. The van der Waals surface area contributed by atoms with Crippen LogP contribution in [-0.4, -0.2) is 39.4 Å². The molecule has 2 amide bonds. The van der Waals surface area contributed by atoms with Gasteiger partial charge < -0.3 is 14.7 Å². The largest absolute Gasteiger partial charge is 0.344 e. The highest BCUT2D eigenvalue weighted by molar-refractivity contribution is 5.91. The van der Waals surface area contributed by atoms with Gasteiger partial charge in [-0.15, -0.1) is 0 Å². The zero-order valence-electron chi connectivity index (χ0n) is 13.9. The monoisotopic (exact) mass is 340 g/mol. The Bertz CT molecular complexity index is 774. The summed E-state index contributed by atoms with van der Waals surface area (Å²) in [4.78, 5) is 30.6. The Morgan fingerprint density at radius 3 is 2.80 bits per heavy atom. The van der Waals surface area contributed by atoms with E-state index in [1.807, 2.05) is 30.3 Å². The third-order valence-electron chi connectivity index (χ3n) is 4.84. The first kappa shape index (κ1) is 15.8. The van der Waals surface area contributed by atoms with Crippen LogP contribution in [0.4, 0.5) is 0 Å². The second-order valence-corrected chi connectivity index (χ2v) is 6.52. The fourth-order valence-electron chi connectivity index (χ4n) is 3.53. The minimum atomic E-state index is -0.426. The van der Waals surface area contributed by atoms with Gasteiger partial charge in [0, 0.05) is 18.5 Å². The van der Waals surface area contributed by atoms with E-state index in [9.17, 15) is 9.59 Å². The van der Waals surface area contributed by atoms with Gasteiger partial charge in [0.25, 0.3) is 0 Å². The summed E-state index contributed by atoms with van der Waals surface area (Å²) in [5.74, 6) is 0.894. The van der Waals surface area contributed by atoms with E-state index in [0.29, 0.717) is 31.1 Å². The summed E-state index contributed by atoms with van der Waals surface area (Å²) < 4.78 is 5.48. The molecule has 2 aromatic rings. The van der Waals surface area contributed by atoms with Crippen LogP contribution in [0.25, 0.3) is 11.4 Å². The molecular formula is C18H20N4O3. The number of hydrogen-bond donors (Lipinski definition) is 1. The molecule has 2 fully saturated rings. The molecule has 2 aliphatic rings. The van der Waals surface area contributed by atoms with Crippen LogP contribution in [0, 0.1) is 0 Å². The second kappa shape index (κ2) is 6.66. The van der Waals surface area contributed by atoms with Gasteiger partial charge in [0.05, 0.1) is 0 Å². The molecule has 0 unspecified atom stereocenters. The fraction of sp³-hybridized carbons (Fsp3) is 0.444. The van der Waals surface area contributed by atoms with E-state index in [1.54, 1.807) is 4.90 Å². The molecule has 7 heteroatoms. The number of benzene rings is 1. The molecule has 130 valence electrons. The number of likely N-dealkylation sites (tertiary alicyclic amines) is 1. The second-order valence-electron chi connectivity index (χ2n) is 6.52. The third-order valence-corrected chi connectivity index (χ3v) is 4.84. The maximum Gasteiger partial charge on any atom is 0.249 e. The van der Waals surface area contributed by atoms with Crippen molar-refractivity contribution in [2.24, 2.45) is 0 Å². The smallest absolute Gasteiger partial charge is 0.249 e. The Hall–Kier alpha value is -2.70. The Morgan fingerprint density at radius 1 is 1.20 bits per heavy atom. The molecule has 0 bridgehead atoms. The first-order valence-corrected chi connectivity index (χ1v) is 8.71. The van der Waals surface area contributed by atoms with Crippen molar-refractivity contribution in [3.05, 3.63) is 36.2 Å². The number of nitrogens with zero attached hydrogens (tertiary/aromatic N) is 3. The van der Waals surface area contributed by atoms with Crippen LogP contribution in [0.3, 0.4) is 0 Å². The molecule has 3 heterocycles. The predicted molar refractivity (Wildman–Crippen MR) is 89.2 cm³/mol. The lowest BCUT2D eigenvalue weighted by Crippen LogP contribution is -2.47. The summed E-state index contributed by atoms with van der Waals surface area (Å²) in [5, 5.41) is 6.83. The zero-order chi connectivity index (χ0) is 17.2. The van der Waals surface area contributed by atoms with E-state index in [4.69, 9.17) is 4.52 Å². The van der Waals surface area contributed by atoms with E-state index in [0.717, 1.165) is 24.8 Å². The van der Waals surface area contributed by atoms with E-state index >= 15 is 0 Å². The molecule has 1 N–H and O–H groups in total. The van der Waals surface area contributed by atoms with Crippen molar-refractivity contribution in [2.45, 2.75) is 44.2 Å². The molecule has 4 rings (SSSR count). The van der Waals surface area contributed by atoms with Crippen molar-refractivity contribution in [3.63, 3.8) is 0 Å². The van der Waals surface area contributed by atoms with Crippen LogP contribution < -0.4 is 5.32 Å². The van der Waals surface area contributed by atoms with E-state index in [1.165, 1.54) is 0 Å². The lowest BCUT2D eigenvalue weighted by molar-refractivity contribution is -0.138. The average molecular weight is 340 g/mol. The minimum absolute atomic E-state index is 0.0463. The quantitative estimate of drug-likeness (QED) is 0.924. The summed E-state index contributed by atoms with van der Waals surface area (Å²) in [6.45, 7) is 0.652. The van der Waals surface area contributed by atoms with E-state index < -0.39 is 6.04 Å². The number of hydrogen-bond acceptors (Lipinski definition) is 5. The van der Waals surface area contributed by atoms with Gasteiger partial charge in [-0.2, -0.15) is 4.98 Å². The van der Waals surface area contributed by atoms with Crippen LogP contribution in [0.2, 0.25) is 0 Å². The maximum atomic E-state index is 12.8. The van der Waals surface area contributed by atoms with Crippen molar-refractivity contribution in [1.82, 2.24) is 20.4 Å². The summed E-state index contributed by atoms with van der Waals surface area (Å²) in [6, 6.07) is 8.98. The van der Waals surface area contributed by atoms with Crippen LogP contribution in [0.1, 0.15) is 44.0 Å². The molecule has 1 aromatic carbocycles. The zero-order valence-corrected chi connectivity index (χ0v) is 13.9. The maximum absolute atomic E-state index is 12.8. The highest BCUT2D eigenvalue weighted by atomic mass is 16.5. The molecule has 25 heavy (non-hydrogen) atoms. The van der Waals surface area contributed by atoms with Crippen LogP contribution in [-0.2, 0) is 9.59 Å². The van der Waals surface area contributed by atoms with Gasteiger partial charge in [0.15, 0.2) is 0 Å². The van der Waals surface area contributed by atoms with Gasteiger partial charge in [-0.3, -0.25) is 9.59 Å². The van der Waals surface area contributed by atoms with Crippen molar-refractivity contribution in [1.29, 1.82) is 0 Å². The van der Waals surface area contributed by atoms with Crippen molar-refractivity contribution in [3.8, 4) is 11.4 Å². The minimum Gasteiger partial charge on any atom is -0.344 e. The van der Waals surface area contributed by atoms with Gasteiger partial charge in [-0.1, -0.05) is 35.5 Å². The van der Waals surface area contributed by atoms with Crippen LogP contribution in [0.15, 0.2) is 34.9 Å². The number of rotatable bonds is 3. The van der Waals surface area contributed by atoms with Crippen LogP contribution in [0.5, 0.6) is 0 Å². The van der Waals surface area contributed by atoms with Gasteiger partial charge in [0.1, 0.15) is 12.1 Å². The summed E-state index contributed by atoms with van der Waals surface area (Å²) in [6.07, 6.45) is 3.72. The predicted octanol–water partition coefficient (Wildman–Crippen LogP) is 2.07. The molecule has 2 saturated heterocycles. The topological polar surface area (TPSA) is 88.3 Å². The molecule has 0 spiro atoms. The number of carbonyl (C=O) groups excluding carboxylic acids is 2. The average Bonchev–Trinajstić information content (AvgIpc) is 3.31. The van der Waals surface area contributed by atoms with Gasteiger partial charge in [-0.05, 0) is 25.7 Å². The number of piperidine rings is 1. The molecule has 2 aliphatic heterocycles. The number of nitrogens with one attached hydrogen (secondary N) is 1. The summed E-state index contributed by atoms with van der Waals surface area (Å²) in [5.41, 5.74) is 0.884. The lowest BCUT2D eigenvalue weighted by atomic mass is 10.0. The van der Waals surface area contributed by atoms with Crippen molar-refractivity contribution < 1.29 is 14.1 Å². The highest BCUT2D eigenvalue weighted by Gasteiger charge is 2.37. The lowest BCUT2D eigenvalue weighted by Gasteiger charge is -2.35. The Kier molecular flexibility index (Phi) is 4.21. The van der Waals surface area contributed by atoms with Gasteiger partial charge >= 0.3 is 0 Å². The Morgan fingerprint density at radius 2 is 2.04 bits per heavy atom. The number of amides is 2. The summed E-state index contributed by atoms with van der Waals surface area (Å²) in [7, 11) is 0. The first-order chi connectivity index (χ1) is 12.2. The third kappa shape index (κ3) is 3.14. The van der Waals surface area contributed by atoms with E-state index in [-0.39, 0.29) is 17.9 Å². The van der Waals surface area contributed by atoms with Gasteiger partial charge in [0.2, 0.25) is 23.5 Å². The SMILES string of the molecule is O=C1CC[C@@H](C(=O)N2CCCC[C@@H]2c2nc(-c3ccccc3)no2)N1. The van der Waals surface area contributed by atoms with Crippen molar-refractivity contribution in [2.75, 3.05) is 6.54 Å². The highest BCUT2D eigenvalue weighted by Crippen LogP contribution is 2.32.